The Balaban J connectivity index is 2.20. The maximum Gasteiger partial charge on any atom is 0.417 e. The second-order valence-electron chi connectivity index (χ2n) is 4.65. The van der Waals surface area contributed by atoms with Crippen molar-refractivity contribution in [1.82, 2.24) is 0 Å². The number of hydrogen-bond acceptors (Lipinski definition) is 2. The molecule has 0 spiro atoms. The lowest BCUT2D eigenvalue weighted by Crippen LogP contribution is -2.22. The predicted octanol–water partition coefficient (Wildman–Crippen LogP) is 4.14. The van der Waals surface area contributed by atoms with Crippen LogP contribution >= 0.6 is 0 Å². The highest BCUT2D eigenvalue weighted by atomic mass is 19.4. The van der Waals surface area contributed by atoms with Crippen molar-refractivity contribution in [2.24, 2.45) is 0 Å². The molecule has 5 heteroatoms. The van der Waals surface area contributed by atoms with Crippen LogP contribution in [0.3, 0.4) is 0 Å². The molecule has 1 aliphatic rings. The zero-order chi connectivity index (χ0) is 13.9. The summed E-state index contributed by atoms with van der Waals surface area (Å²) in [6, 6.07) is 5.57. The maximum atomic E-state index is 12.8. The molecule has 0 aromatic heterocycles. The Morgan fingerprint density at radius 1 is 1.21 bits per heavy atom. The largest absolute Gasteiger partial charge is 0.417 e. The predicted molar refractivity (Wildman–Crippen MR) is 66.3 cm³/mol. The van der Waals surface area contributed by atoms with E-state index in [1.165, 1.54) is 12.1 Å². The van der Waals surface area contributed by atoms with Crippen LogP contribution in [0.4, 0.5) is 18.9 Å². The van der Waals surface area contributed by atoms with Crippen LogP contribution in [-0.2, 0) is 6.18 Å². The lowest BCUT2D eigenvalue weighted by atomic mass is 9.95. The van der Waals surface area contributed by atoms with Gasteiger partial charge in [-0.15, -0.1) is 0 Å². The van der Waals surface area contributed by atoms with Gasteiger partial charge in [-0.2, -0.15) is 18.4 Å². The van der Waals surface area contributed by atoms with Crippen molar-refractivity contribution in [3.63, 3.8) is 0 Å². The number of nitriles is 1. The first-order valence-corrected chi connectivity index (χ1v) is 6.20. The van der Waals surface area contributed by atoms with Gasteiger partial charge in [0.05, 0.1) is 17.2 Å². The standard InChI is InChI=1S/C14H14F3N2/c15-14(16,17)13-8-12(7-6-10(13)9-18)19-11-4-2-1-3-5-11/h1,6-8,11,19H,2-5H2. The topological polar surface area (TPSA) is 35.8 Å². The Kier molecular flexibility index (Phi) is 3.98. The minimum Gasteiger partial charge on any atom is -0.382 e. The quantitative estimate of drug-likeness (QED) is 0.874. The molecule has 1 aromatic carbocycles. The molecule has 0 unspecified atom stereocenters. The van der Waals surface area contributed by atoms with E-state index in [0.717, 1.165) is 31.7 Å². The Bertz CT molecular complexity index is 482. The molecule has 1 N–H and O–H groups in total. The summed E-state index contributed by atoms with van der Waals surface area (Å²) in [7, 11) is 0. The van der Waals surface area contributed by atoms with Gasteiger partial charge in [0.2, 0.25) is 0 Å². The van der Waals surface area contributed by atoms with Crippen LogP contribution in [0.15, 0.2) is 18.2 Å². The molecular formula is C14H14F3N2. The Labute approximate surface area is 110 Å². The van der Waals surface area contributed by atoms with Crippen molar-refractivity contribution in [1.29, 1.82) is 5.26 Å². The first-order chi connectivity index (χ1) is 9.00. The molecule has 1 fully saturated rings. The van der Waals surface area contributed by atoms with Gasteiger partial charge in [0.25, 0.3) is 0 Å². The first-order valence-electron chi connectivity index (χ1n) is 6.20. The van der Waals surface area contributed by atoms with Crippen molar-refractivity contribution in [2.45, 2.75) is 37.9 Å². The van der Waals surface area contributed by atoms with Gasteiger partial charge in [0.1, 0.15) is 0 Å². The monoisotopic (exact) mass is 267 g/mol. The zero-order valence-corrected chi connectivity index (χ0v) is 10.3. The second kappa shape index (κ2) is 5.52. The highest BCUT2D eigenvalue weighted by Gasteiger charge is 2.34. The lowest BCUT2D eigenvalue weighted by molar-refractivity contribution is -0.137. The molecule has 101 valence electrons. The van der Waals surface area contributed by atoms with E-state index < -0.39 is 11.7 Å². The number of rotatable bonds is 2. The minimum absolute atomic E-state index is 0.207. The number of benzene rings is 1. The molecule has 1 aliphatic carbocycles. The van der Waals surface area contributed by atoms with Gasteiger partial charge in [-0.25, -0.2) is 0 Å². The van der Waals surface area contributed by atoms with Crippen molar-refractivity contribution in [3.8, 4) is 6.07 Å². The van der Waals surface area contributed by atoms with Crippen molar-refractivity contribution >= 4 is 5.69 Å². The number of anilines is 1. The van der Waals surface area contributed by atoms with Crippen molar-refractivity contribution < 1.29 is 13.2 Å². The van der Waals surface area contributed by atoms with Crippen molar-refractivity contribution in [3.05, 3.63) is 35.7 Å². The van der Waals surface area contributed by atoms with Crippen LogP contribution < -0.4 is 5.32 Å². The van der Waals surface area contributed by atoms with Gasteiger partial charge < -0.3 is 5.32 Å². The average molecular weight is 267 g/mol. The van der Waals surface area contributed by atoms with E-state index in [-0.39, 0.29) is 11.6 Å². The molecule has 19 heavy (non-hydrogen) atoms. The van der Waals surface area contributed by atoms with E-state index in [1.807, 2.05) is 0 Å². The molecule has 1 saturated carbocycles. The fraction of sp³-hybridized carbons (Fsp3) is 0.429. The van der Waals surface area contributed by atoms with Gasteiger partial charge in [0, 0.05) is 11.7 Å². The molecule has 0 atom stereocenters. The normalized spacial score (nSPS) is 16.9. The number of alkyl halides is 3. The van der Waals surface area contributed by atoms with E-state index in [4.69, 9.17) is 5.26 Å². The van der Waals surface area contributed by atoms with E-state index in [2.05, 4.69) is 11.7 Å². The second-order valence-corrected chi connectivity index (χ2v) is 4.65. The molecule has 0 saturated heterocycles. The van der Waals surface area contributed by atoms with Gasteiger partial charge >= 0.3 is 6.18 Å². The molecule has 1 radical (unpaired) electrons. The van der Waals surface area contributed by atoms with Gasteiger partial charge in [-0.05, 0) is 50.3 Å². The van der Waals surface area contributed by atoms with Crippen LogP contribution in [0.1, 0.15) is 36.8 Å². The summed E-state index contributed by atoms with van der Waals surface area (Å²) in [6.07, 6.45) is 1.53. The number of nitrogens with zero attached hydrogens (tertiary/aromatic N) is 1. The third-order valence-corrected chi connectivity index (χ3v) is 3.25. The van der Waals surface area contributed by atoms with Gasteiger partial charge in [-0.1, -0.05) is 0 Å². The highest BCUT2D eigenvalue weighted by molar-refractivity contribution is 5.53. The first kappa shape index (κ1) is 13.7. The number of nitrogens with one attached hydrogen (secondary N) is 1. The highest BCUT2D eigenvalue weighted by Crippen LogP contribution is 2.34. The fourth-order valence-corrected chi connectivity index (χ4v) is 2.27. The maximum absolute atomic E-state index is 12.8. The average Bonchev–Trinajstić information content (AvgIpc) is 2.39. The summed E-state index contributed by atoms with van der Waals surface area (Å²) in [6.45, 7) is 0. The van der Waals surface area contributed by atoms with Gasteiger partial charge in [0.15, 0.2) is 0 Å². The minimum atomic E-state index is -4.50. The molecular weight excluding hydrogens is 253 g/mol. The fourth-order valence-electron chi connectivity index (χ4n) is 2.27. The molecule has 0 heterocycles. The van der Waals surface area contributed by atoms with Crippen LogP contribution in [0.2, 0.25) is 0 Å². The van der Waals surface area contributed by atoms with Crippen LogP contribution in [0.25, 0.3) is 0 Å². The van der Waals surface area contributed by atoms with E-state index in [9.17, 15) is 13.2 Å². The number of hydrogen-bond donors (Lipinski definition) is 1. The third-order valence-electron chi connectivity index (χ3n) is 3.25. The molecule has 0 amide bonds. The molecule has 2 nitrogen and oxygen atoms in total. The van der Waals surface area contributed by atoms with E-state index in [0.29, 0.717) is 5.69 Å². The summed E-state index contributed by atoms with van der Waals surface area (Å²) in [5.74, 6) is 0. The summed E-state index contributed by atoms with van der Waals surface area (Å²) >= 11 is 0. The van der Waals surface area contributed by atoms with Crippen molar-refractivity contribution in [2.75, 3.05) is 5.32 Å². The SMILES string of the molecule is N#Cc1ccc(NC2CC[CH]CC2)cc1C(F)(F)F. The van der Waals surface area contributed by atoms with Crippen LogP contribution in [-0.4, -0.2) is 6.04 Å². The number of halogens is 3. The van der Waals surface area contributed by atoms with E-state index >= 15 is 0 Å². The lowest BCUT2D eigenvalue weighted by Gasteiger charge is -2.24. The molecule has 0 bridgehead atoms. The third kappa shape index (κ3) is 3.40. The van der Waals surface area contributed by atoms with Gasteiger partial charge in [-0.3, -0.25) is 0 Å². The zero-order valence-electron chi connectivity index (χ0n) is 10.3. The van der Waals surface area contributed by atoms with Crippen LogP contribution in [0.5, 0.6) is 0 Å². The Morgan fingerprint density at radius 3 is 2.47 bits per heavy atom. The summed E-state index contributed by atoms with van der Waals surface area (Å²) < 4.78 is 38.4. The van der Waals surface area contributed by atoms with Crippen LogP contribution in [0, 0.1) is 17.8 Å². The Hall–Kier alpha value is -1.70. The molecule has 1 aromatic rings. The smallest absolute Gasteiger partial charge is 0.382 e. The summed E-state index contributed by atoms with van der Waals surface area (Å²) in [5, 5.41) is 11.8. The Morgan fingerprint density at radius 2 is 1.89 bits per heavy atom. The molecule has 2 rings (SSSR count). The summed E-state index contributed by atoms with van der Waals surface area (Å²) in [5.41, 5.74) is -0.782. The van der Waals surface area contributed by atoms with E-state index in [1.54, 1.807) is 6.07 Å². The summed E-state index contributed by atoms with van der Waals surface area (Å²) in [4.78, 5) is 0. The molecule has 0 aliphatic heterocycles.